The van der Waals surface area contributed by atoms with Crippen molar-refractivity contribution in [3.8, 4) is 0 Å². The maximum absolute atomic E-state index is 12.3. The van der Waals surface area contributed by atoms with Crippen LogP contribution in [-0.4, -0.2) is 32.9 Å². The first kappa shape index (κ1) is 21.6. The van der Waals surface area contributed by atoms with Gasteiger partial charge in [0.2, 0.25) is 0 Å². The summed E-state index contributed by atoms with van der Waals surface area (Å²) in [5.41, 5.74) is 3.76. The SMILES string of the molecule is Cc1nn(Cc2ccc(C(=O)NCCSCc3ccccc3)cc2)c(C)c1[N+](=O)[O-]. The molecule has 0 aliphatic carbocycles. The van der Waals surface area contributed by atoms with Crippen molar-refractivity contribution in [2.75, 3.05) is 12.3 Å². The summed E-state index contributed by atoms with van der Waals surface area (Å²) in [5.74, 6) is 1.66. The molecule has 0 spiro atoms. The average Bonchev–Trinajstić information content (AvgIpc) is 3.02. The molecular weight excluding hydrogens is 400 g/mol. The lowest BCUT2D eigenvalue weighted by Crippen LogP contribution is -2.25. The molecule has 8 heteroatoms. The average molecular weight is 425 g/mol. The molecule has 1 heterocycles. The largest absolute Gasteiger partial charge is 0.351 e. The Morgan fingerprint density at radius 1 is 1.10 bits per heavy atom. The van der Waals surface area contributed by atoms with Crippen molar-refractivity contribution in [3.63, 3.8) is 0 Å². The summed E-state index contributed by atoms with van der Waals surface area (Å²) in [5, 5.41) is 18.3. The zero-order valence-corrected chi connectivity index (χ0v) is 17.8. The highest BCUT2D eigenvalue weighted by Crippen LogP contribution is 2.22. The zero-order chi connectivity index (χ0) is 21.5. The lowest BCUT2D eigenvalue weighted by atomic mass is 10.1. The number of carbonyl (C=O) groups excluding carboxylic acids is 1. The monoisotopic (exact) mass is 424 g/mol. The third kappa shape index (κ3) is 5.48. The Labute approximate surface area is 179 Å². The van der Waals surface area contributed by atoms with Gasteiger partial charge in [-0.05, 0) is 37.1 Å². The van der Waals surface area contributed by atoms with Crippen LogP contribution < -0.4 is 5.32 Å². The molecule has 3 rings (SSSR count). The molecule has 0 aliphatic rings. The highest BCUT2D eigenvalue weighted by Gasteiger charge is 2.21. The molecule has 7 nitrogen and oxygen atoms in total. The van der Waals surface area contributed by atoms with Crippen LogP contribution in [-0.2, 0) is 12.3 Å². The Morgan fingerprint density at radius 3 is 2.43 bits per heavy atom. The first-order chi connectivity index (χ1) is 14.5. The fourth-order valence-electron chi connectivity index (χ4n) is 3.14. The Morgan fingerprint density at radius 2 is 1.80 bits per heavy atom. The van der Waals surface area contributed by atoms with Crippen LogP contribution in [0.2, 0.25) is 0 Å². The molecule has 0 fully saturated rings. The maximum atomic E-state index is 12.3. The molecule has 1 amide bonds. The van der Waals surface area contributed by atoms with Gasteiger partial charge in [-0.25, -0.2) is 0 Å². The predicted molar refractivity (Wildman–Crippen MR) is 119 cm³/mol. The number of thioether (sulfide) groups is 1. The van der Waals surface area contributed by atoms with Gasteiger partial charge in [0.1, 0.15) is 11.4 Å². The Kier molecular flexibility index (Phi) is 7.24. The fraction of sp³-hybridized carbons (Fsp3) is 0.273. The van der Waals surface area contributed by atoms with Crippen molar-refractivity contribution >= 4 is 23.4 Å². The molecule has 0 saturated carbocycles. The summed E-state index contributed by atoms with van der Waals surface area (Å²) in [6.07, 6.45) is 0. The standard InChI is InChI=1S/C22H24N4O3S/c1-16-21(26(28)29)17(2)25(24-16)14-18-8-10-20(11-9-18)22(27)23-12-13-30-15-19-6-4-3-5-7-19/h3-11H,12-15H2,1-2H3,(H,23,27). The van der Waals surface area contributed by atoms with Crippen LogP contribution in [0.15, 0.2) is 54.6 Å². The molecule has 2 aromatic carbocycles. The van der Waals surface area contributed by atoms with Crippen LogP contribution in [0.25, 0.3) is 0 Å². The number of nitrogens with one attached hydrogen (secondary N) is 1. The second kappa shape index (κ2) is 10.1. The van der Waals surface area contributed by atoms with Crippen molar-refractivity contribution in [2.24, 2.45) is 0 Å². The van der Waals surface area contributed by atoms with Crippen molar-refractivity contribution in [2.45, 2.75) is 26.1 Å². The second-order valence-electron chi connectivity index (χ2n) is 6.93. The third-order valence-electron chi connectivity index (χ3n) is 4.72. The number of nitrogens with zero attached hydrogens (tertiary/aromatic N) is 3. The molecule has 0 radical (unpaired) electrons. The van der Waals surface area contributed by atoms with Crippen LogP contribution in [0.4, 0.5) is 5.69 Å². The first-order valence-electron chi connectivity index (χ1n) is 9.63. The van der Waals surface area contributed by atoms with Gasteiger partial charge in [-0.2, -0.15) is 16.9 Å². The van der Waals surface area contributed by atoms with Crippen LogP contribution >= 0.6 is 11.8 Å². The molecule has 0 aliphatic heterocycles. The van der Waals surface area contributed by atoms with Gasteiger partial charge in [0.05, 0.1) is 11.5 Å². The van der Waals surface area contributed by atoms with Gasteiger partial charge in [-0.15, -0.1) is 0 Å². The van der Waals surface area contributed by atoms with E-state index >= 15 is 0 Å². The third-order valence-corrected chi connectivity index (χ3v) is 5.75. The van der Waals surface area contributed by atoms with E-state index in [0.29, 0.717) is 30.0 Å². The van der Waals surface area contributed by atoms with Crippen molar-refractivity contribution in [1.82, 2.24) is 15.1 Å². The van der Waals surface area contributed by atoms with Crippen LogP contribution in [0.1, 0.15) is 32.9 Å². The zero-order valence-electron chi connectivity index (χ0n) is 17.0. The minimum atomic E-state index is -0.403. The summed E-state index contributed by atoms with van der Waals surface area (Å²) >= 11 is 1.78. The number of carbonyl (C=O) groups is 1. The van der Waals surface area contributed by atoms with E-state index in [1.165, 1.54) is 5.56 Å². The Balaban J connectivity index is 1.48. The smallest absolute Gasteiger partial charge is 0.312 e. The summed E-state index contributed by atoms with van der Waals surface area (Å²) in [4.78, 5) is 23.0. The van der Waals surface area contributed by atoms with Crippen LogP contribution in [0.5, 0.6) is 0 Å². The fourth-order valence-corrected chi connectivity index (χ4v) is 3.96. The van der Waals surface area contributed by atoms with Gasteiger partial charge >= 0.3 is 5.69 Å². The van der Waals surface area contributed by atoms with Crippen LogP contribution in [0.3, 0.4) is 0 Å². The molecule has 156 valence electrons. The summed E-state index contributed by atoms with van der Waals surface area (Å²) in [6, 6.07) is 17.5. The topological polar surface area (TPSA) is 90.1 Å². The lowest BCUT2D eigenvalue weighted by molar-refractivity contribution is -0.386. The van der Waals surface area contributed by atoms with Crippen molar-refractivity contribution in [3.05, 3.63) is 92.8 Å². The van der Waals surface area contributed by atoms with E-state index in [9.17, 15) is 14.9 Å². The molecule has 0 unspecified atom stereocenters. The van der Waals surface area contributed by atoms with E-state index < -0.39 is 4.92 Å². The van der Waals surface area contributed by atoms with Crippen molar-refractivity contribution < 1.29 is 9.72 Å². The number of rotatable bonds is 9. The van der Waals surface area contributed by atoms with E-state index in [0.717, 1.165) is 17.1 Å². The highest BCUT2D eigenvalue weighted by molar-refractivity contribution is 7.98. The van der Waals surface area contributed by atoms with E-state index in [1.807, 2.05) is 30.3 Å². The number of hydrogen-bond acceptors (Lipinski definition) is 5. The van der Waals surface area contributed by atoms with Gasteiger partial charge in [-0.3, -0.25) is 19.6 Å². The predicted octanol–water partition coefficient (Wildman–Crippen LogP) is 4.12. The minimum Gasteiger partial charge on any atom is -0.351 e. The number of aryl methyl sites for hydroxylation is 1. The van der Waals surface area contributed by atoms with Gasteiger partial charge in [-0.1, -0.05) is 42.5 Å². The summed E-state index contributed by atoms with van der Waals surface area (Å²) in [7, 11) is 0. The molecule has 1 aromatic heterocycles. The van der Waals surface area contributed by atoms with Crippen molar-refractivity contribution in [1.29, 1.82) is 0 Å². The van der Waals surface area contributed by atoms with Gasteiger partial charge in [0.25, 0.3) is 5.91 Å². The Bertz CT molecular complexity index is 1020. The second-order valence-corrected chi connectivity index (χ2v) is 8.03. The molecule has 3 aromatic rings. The van der Waals surface area contributed by atoms with E-state index in [1.54, 1.807) is 42.4 Å². The highest BCUT2D eigenvalue weighted by atomic mass is 32.2. The summed E-state index contributed by atoms with van der Waals surface area (Å²) < 4.78 is 1.62. The van der Waals surface area contributed by atoms with E-state index in [2.05, 4.69) is 22.5 Å². The molecule has 0 bridgehead atoms. The molecular formula is C22H24N4O3S. The quantitative estimate of drug-likeness (QED) is 0.317. The minimum absolute atomic E-state index is 0.0520. The maximum Gasteiger partial charge on any atom is 0.312 e. The van der Waals surface area contributed by atoms with E-state index in [-0.39, 0.29) is 11.6 Å². The van der Waals surface area contributed by atoms with Gasteiger partial charge in [0, 0.05) is 23.6 Å². The number of aromatic nitrogens is 2. The van der Waals surface area contributed by atoms with Gasteiger partial charge < -0.3 is 5.32 Å². The Hall–Kier alpha value is -3.13. The van der Waals surface area contributed by atoms with Crippen LogP contribution in [0, 0.1) is 24.0 Å². The first-order valence-corrected chi connectivity index (χ1v) is 10.8. The number of amides is 1. The lowest BCUT2D eigenvalue weighted by Gasteiger charge is -2.07. The van der Waals surface area contributed by atoms with E-state index in [4.69, 9.17) is 0 Å². The molecule has 1 N–H and O–H groups in total. The molecule has 0 atom stereocenters. The molecule has 30 heavy (non-hydrogen) atoms. The number of nitro groups is 1. The molecule has 0 saturated heterocycles. The normalized spacial score (nSPS) is 10.7. The van der Waals surface area contributed by atoms with Gasteiger partial charge in [0.15, 0.2) is 0 Å². The number of hydrogen-bond donors (Lipinski definition) is 1. The number of benzene rings is 2. The summed E-state index contributed by atoms with van der Waals surface area (Å²) in [6.45, 7) is 4.34.